The van der Waals surface area contributed by atoms with Gasteiger partial charge < -0.3 is 19.4 Å². The van der Waals surface area contributed by atoms with E-state index in [2.05, 4.69) is 0 Å². The van der Waals surface area contributed by atoms with E-state index in [0.29, 0.717) is 38.5 Å². The molecule has 2 aliphatic rings. The maximum atomic E-state index is 13.6. The Morgan fingerprint density at radius 2 is 1.67 bits per heavy atom. The number of hydrogen-bond donors (Lipinski definition) is 2. The number of benzene rings is 2. The van der Waals surface area contributed by atoms with E-state index in [0.717, 1.165) is 11.1 Å². The number of amides is 4. The third kappa shape index (κ3) is 5.23. The second-order valence-electron chi connectivity index (χ2n) is 7.90. The third-order valence-electron chi connectivity index (χ3n) is 5.97. The van der Waals surface area contributed by atoms with Crippen molar-refractivity contribution in [1.82, 2.24) is 20.2 Å². The van der Waals surface area contributed by atoms with E-state index in [-0.39, 0.29) is 43.6 Å². The summed E-state index contributed by atoms with van der Waals surface area (Å²) in [5.41, 5.74) is 3.61. The first-order valence-corrected chi connectivity index (χ1v) is 10.5. The molecule has 0 bridgehead atoms. The van der Waals surface area contributed by atoms with Gasteiger partial charge in [-0.25, -0.2) is 10.3 Å². The van der Waals surface area contributed by atoms with Crippen molar-refractivity contribution in [3.63, 3.8) is 0 Å². The van der Waals surface area contributed by atoms with Gasteiger partial charge in [0.25, 0.3) is 5.91 Å². The zero-order chi connectivity index (χ0) is 22.7. The summed E-state index contributed by atoms with van der Waals surface area (Å²) in [6, 6.07) is 14.1. The van der Waals surface area contributed by atoms with Crippen molar-refractivity contribution >= 4 is 31.3 Å². The highest BCUT2D eigenvalue weighted by atomic mass is 32.1. The van der Waals surface area contributed by atoms with Crippen LogP contribution in [0.4, 0.5) is 4.79 Å². The molecule has 10 heteroatoms. The molecule has 9 nitrogen and oxygen atoms in total. The zero-order valence-corrected chi connectivity index (χ0v) is 19.4. The van der Waals surface area contributed by atoms with Gasteiger partial charge in [0.2, 0.25) is 5.91 Å². The Balaban J connectivity index is 0.00000306. The van der Waals surface area contributed by atoms with Crippen LogP contribution in [0.3, 0.4) is 0 Å². The van der Waals surface area contributed by atoms with Crippen LogP contribution in [-0.4, -0.2) is 70.5 Å². The molecule has 2 aromatic rings. The zero-order valence-electron chi connectivity index (χ0n) is 18.4. The summed E-state index contributed by atoms with van der Waals surface area (Å²) in [7, 11) is 0. The summed E-state index contributed by atoms with van der Waals surface area (Å²) < 4.78 is 6.04. The van der Waals surface area contributed by atoms with Crippen molar-refractivity contribution in [1.29, 1.82) is 0 Å². The lowest BCUT2D eigenvalue weighted by Gasteiger charge is -2.39. The Morgan fingerprint density at radius 3 is 2.30 bits per heavy atom. The standard InChI is InChI=1S/C23H26N4O5.H2S/c1-16(28)25-9-11-26(12-10-25)23(30)27-14-19-8-7-18(22(29)24-31)13-21(19)32-15-20(27)17-5-3-2-4-6-17;/h2-8,13,20,31H,9-12,14-15H2,1H3,(H,24,29);1H2/t20-;/m1./s1. The van der Waals surface area contributed by atoms with Gasteiger partial charge in [0.1, 0.15) is 12.4 Å². The Kier molecular flexibility index (Phi) is 7.83. The summed E-state index contributed by atoms with van der Waals surface area (Å²) in [6.45, 7) is 4.04. The number of fused-ring (bicyclic) bond motifs is 1. The van der Waals surface area contributed by atoms with E-state index in [1.54, 1.807) is 38.4 Å². The number of rotatable bonds is 2. The minimum atomic E-state index is -0.628. The van der Waals surface area contributed by atoms with Gasteiger partial charge in [-0.2, -0.15) is 13.5 Å². The molecule has 0 aliphatic carbocycles. The van der Waals surface area contributed by atoms with Crippen molar-refractivity contribution < 1.29 is 24.3 Å². The van der Waals surface area contributed by atoms with Crippen LogP contribution in [0.2, 0.25) is 0 Å². The molecule has 0 aromatic heterocycles. The number of piperazine rings is 1. The van der Waals surface area contributed by atoms with Gasteiger partial charge in [0.15, 0.2) is 0 Å². The molecule has 176 valence electrons. The normalized spacial score (nSPS) is 17.8. The van der Waals surface area contributed by atoms with Crippen molar-refractivity contribution in [3.8, 4) is 5.75 Å². The maximum Gasteiger partial charge on any atom is 0.321 e. The summed E-state index contributed by atoms with van der Waals surface area (Å²) in [6.07, 6.45) is 0. The smallest absolute Gasteiger partial charge is 0.321 e. The van der Waals surface area contributed by atoms with Gasteiger partial charge in [-0.3, -0.25) is 14.8 Å². The molecule has 33 heavy (non-hydrogen) atoms. The van der Waals surface area contributed by atoms with Crippen LogP contribution in [0.5, 0.6) is 5.75 Å². The van der Waals surface area contributed by atoms with Crippen molar-refractivity contribution in [2.45, 2.75) is 19.5 Å². The highest BCUT2D eigenvalue weighted by Crippen LogP contribution is 2.33. The van der Waals surface area contributed by atoms with Crippen LogP contribution in [0.25, 0.3) is 0 Å². The number of urea groups is 1. The Bertz CT molecular complexity index is 1010. The average Bonchev–Trinajstić information content (AvgIpc) is 3.03. The summed E-state index contributed by atoms with van der Waals surface area (Å²) in [5, 5.41) is 8.93. The molecule has 2 aromatic carbocycles. The molecule has 2 heterocycles. The molecule has 1 atom stereocenters. The number of nitrogens with zero attached hydrogens (tertiary/aromatic N) is 3. The van der Waals surface area contributed by atoms with Crippen LogP contribution < -0.4 is 10.2 Å². The van der Waals surface area contributed by atoms with Crippen LogP contribution in [0, 0.1) is 0 Å². The van der Waals surface area contributed by atoms with Gasteiger partial charge in [-0.15, -0.1) is 0 Å². The molecule has 2 aliphatic heterocycles. The molecule has 1 saturated heterocycles. The first-order chi connectivity index (χ1) is 15.5. The number of carbonyl (C=O) groups is 3. The quantitative estimate of drug-likeness (QED) is 0.515. The van der Waals surface area contributed by atoms with Crippen LogP contribution >= 0.6 is 13.5 Å². The Morgan fingerprint density at radius 1 is 1.00 bits per heavy atom. The second kappa shape index (κ2) is 10.6. The molecule has 0 unspecified atom stereocenters. The molecule has 0 spiro atoms. The highest BCUT2D eigenvalue weighted by Gasteiger charge is 2.34. The minimum absolute atomic E-state index is 0. The van der Waals surface area contributed by atoms with Crippen molar-refractivity contribution in [2.24, 2.45) is 0 Å². The SMILES string of the molecule is CC(=O)N1CCN(C(=O)N2Cc3ccc(C(=O)NO)cc3OC[C@@H]2c2ccccc2)CC1.S. The van der Waals surface area contributed by atoms with E-state index in [4.69, 9.17) is 9.94 Å². The van der Waals surface area contributed by atoms with Crippen LogP contribution in [0.1, 0.15) is 34.5 Å². The molecular formula is C23H28N4O5S. The largest absolute Gasteiger partial charge is 0.491 e. The predicted molar refractivity (Wildman–Crippen MR) is 126 cm³/mol. The van der Waals surface area contributed by atoms with E-state index >= 15 is 0 Å². The minimum Gasteiger partial charge on any atom is -0.491 e. The number of hydrogen-bond acceptors (Lipinski definition) is 5. The summed E-state index contributed by atoms with van der Waals surface area (Å²) in [4.78, 5) is 42.4. The third-order valence-corrected chi connectivity index (χ3v) is 5.97. The number of carbonyl (C=O) groups excluding carboxylic acids is 3. The highest BCUT2D eigenvalue weighted by molar-refractivity contribution is 7.59. The van der Waals surface area contributed by atoms with E-state index in [1.165, 1.54) is 6.92 Å². The fraction of sp³-hybridized carbons (Fsp3) is 0.348. The fourth-order valence-electron chi connectivity index (χ4n) is 4.12. The van der Waals surface area contributed by atoms with Gasteiger partial charge in [0, 0.05) is 44.2 Å². The monoisotopic (exact) mass is 472 g/mol. The molecule has 1 fully saturated rings. The molecule has 4 rings (SSSR count). The van der Waals surface area contributed by atoms with Gasteiger partial charge in [0.05, 0.1) is 12.6 Å². The fourth-order valence-corrected chi connectivity index (χ4v) is 4.12. The Labute approximate surface area is 199 Å². The lowest BCUT2D eigenvalue weighted by Crippen LogP contribution is -2.54. The number of ether oxygens (including phenoxy) is 1. The van der Waals surface area contributed by atoms with Crippen LogP contribution in [0.15, 0.2) is 48.5 Å². The predicted octanol–water partition coefficient (Wildman–Crippen LogP) is 2.14. The number of hydroxylamine groups is 1. The molecule has 2 N–H and O–H groups in total. The van der Waals surface area contributed by atoms with Crippen LogP contribution in [-0.2, 0) is 11.3 Å². The topological polar surface area (TPSA) is 102 Å². The van der Waals surface area contributed by atoms with Gasteiger partial charge >= 0.3 is 6.03 Å². The summed E-state index contributed by atoms with van der Waals surface area (Å²) >= 11 is 0. The first kappa shape index (κ1) is 24.4. The lowest BCUT2D eigenvalue weighted by atomic mass is 10.1. The van der Waals surface area contributed by atoms with E-state index in [9.17, 15) is 14.4 Å². The van der Waals surface area contributed by atoms with E-state index < -0.39 is 5.91 Å². The average molecular weight is 473 g/mol. The number of nitrogens with one attached hydrogen (secondary N) is 1. The molecular weight excluding hydrogens is 444 g/mol. The molecule has 0 radical (unpaired) electrons. The lowest BCUT2D eigenvalue weighted by molar-refractivity contribution is -0.130. The first-order valence-electron chi connectivity index (χ1n) is 10.5. The van der Waals surface area contributed by atoms with E-state index in [1.807, 2.05) is 30.3 Å². The molecule has 4 amide bonds. The van der Waals surface area contributed by atoms with Gasteiger partial charge in [-0.05, 0) is 17.7 Å². The van der Waals surface area contributed by atoms with Gasteiger partial charge in [-0.1, -0.05) is 36.4 Å². The second-order valence-corrected chi connectivity index (χ2v) is 7.90. The molecule has 0 saturated carbocycles. The maximum absolute atomic E-state index is 13.6. The Hall–Kier alpha value is -3.24. The van der Waals surface area contributed by atoms with Crippen molar-refractivity contribution in [3.05, 3.63) is 65.2 Å². The summed E-state index contributed by atoms with van der Waals surface area (Å²) in [5.74, 6) is -0.112. The van der Waals surface area contributed by atoms with Crippen molar-refractivity contribution in [2.75, 3.05) is 32.8 Å².